The summed E-state index contributed by atoms with van der Waals surface area (Å²) in [4.78, 5) is 31.9. The molecular formula is C21H32N6O2S2. The molecule has 1 N–H and O–H groups in total. The number of hydrogen-bond acceptors (Lipinski definition) is 8. The number of fused-ring (bicyclic) bond motifs is 1. The van der Waals surface area contributed by atoms with Crippen LogP contribution in [0.2, 0.25) is 0 Å². The number of carbonyl (C=O) groups is 1. The quantitative estimate of drug-likeness (QED) is 0.404. The van der Waals surface area contributed by atoms with Crippen LogP contribution in [0.1, 0.15) is 56.3 Å². The fraction of sp³-hybridized carbons (Fsp3) is 0.667. The van der Waals surface area contributed by atoms with Crippen molar-refractivity contribution in [1.29, 1.82) is 0 Å². The van der Waals surface area contributed by atoms with Gasteiger partial charge < -0.3 is 4.90 Å². The smallest absolute Gasteiger partial charge is 0.304 e. The van der Waals surface area contributed by atoms with E-state index in [1.165, 1.54) is 23.1 Å². The van der Waals surface area contributed by atoms with E-state index in [0.717, 1.165) is 74.4 Å². The Morgan fingerprint density at radius 3 is 2.68 bits per heavy atom. The van der Waals surface area contributed by atoms with Gasteiger partial charge in [0.05, 0.1) is 5.75 Å². The molecule has 0 aromatic carbocycles. The first-order chi connectivity index (χ1) is 15.0. The van der Waals surface area contributed by atoms with E-state index in [4.69, 9.17) is 0 Å². The topological polar surface area (TPSA) is 93.0 Å². The van der Waals surface area contributed by atoms with Gasteiger partial charge in [0, 0.05) is 17.8 Å². The highest BCUT2D eigenvalue weighted by Crippen LogP contribution is 2.28. The molecule has 1 aliphatic carbocycles. The average molecular weight is 465 g/mol. The normalized spacial score (nSPS) is 13.4. The Kier molecular flexibility index (Phi) is 9.03. The molecule has 170 valence electrons. The Bertz CT molecular complexity index is 938. The van der Waals surface area contributed by atoms with Crippen molar-refractivity contribution in [3.05, 3.63) is 26.7 Å². The van der Waals surface area contributed by atoms with Crippen molar-refractivity contribution in [2.75, 3.05) is 30.7 Å². The summed E-state index contributed by atoms with van der Waals surface area (Å²) >= 11 is 2.73. The van der Waals surface area contributed by atoms with E-state index in [1.54, 1.807) is 0 Å². The predicted octanol–water partition coefficient (Wildman–Crippen LogP) is 3.00. The minimum atomic E-state index is -0.195. The number of hydrogen-bond donors (Lipinski definition) is 1. The summed E-state index contributed by atoms with van der Waals surface area (Å²) in [6.45, 7) is 10.1. The first-order valence-electron chi connectivity index (χ1n) is 11.2. The van der Waals surface area contributed by atoms with E-state index in [1.807, 2.05) is 11.5 Å². The molecule has 0 unspecified atom stereocenters. The number of rotatable bonds is 11. The highest BCUT2D eigenvalue weighted by atomic mass is 32.2. The highest BCUT2D eigenvalue weighted by Gasteiger charge is 2.21. The Balaban J connectivity index is 1.67. The van der Waals surface area contributed by atoms with Gasteiger partial charge in [-0.05, 0) is 58.2 Å². The Morgan fingerprint density at radius 1 is 1.19 bits per heavy atom. The minimum absolute atomic E-state index is 0.154. The number of thioether (sulfide) groups is 1. The SMILES string of the molecule is CCc1nnc(NC(=O)CSc2nc(=O)n(CCCN(CC)CC)c3c2CCCC3)s1. The van der Waals surface area contributed by atoms with Crippen molar-refractivity contribution in [2.45, 2.75) is 70.9 Å². The second kappa shape index (κ2) is 11.7. The van der Waals surface area contributed by atoms with Crippen LogP contribution in [0.15, 0.2) is 9.82 Å². The average Bonchev–Trinajstić information content (AvgIpc) is 3.24. The van der Waals surface area contributed by atoms with Crippen molar-refractivity contribution in [3.63, 3.8) is 0 Å². The maximum absolute atomic E-state index is 12.8. The molecule has 2 heterocycles. The van der Waals surface area contributed by atoms with Crippen LogP contribution < -0.4 is 11.0 Å². The summed E-state index contributed by atoms with van der Waals surface area (Å²) in [5.41, 5.74) is 2.07. The van der Waals surface area contributed by atoms with E-state index in [2.05, 4.69) is 39.2 Å². The molecule has 1 aliphatic rings. The van der Waals surface area contributed by atoms with Crippen LogP contribution in [0.5, 0.6) is 0 Å². The maximum atomic E-state index is 12.8. The minimum Gasteiger partial charge on any atom is -0.304 e. The van der Waals surface area contributed by atoms with Crippen molar-refractivity contribution in [3.8, 4) is 0 Å². The van der Waals surface area contributed by atoms with Crippen LogP contribution in [0.3, 0.4) is 0 Å². The summed E-state index contributed by atoms with van der Waals surface area (Å²) in [5, 5.41) is 12.9. The summed E-state index contributed by atoms with van der Waals surface area (Å²) in [6, 6.07) is 0. The molecule has 8 nitrogen and oxygen atoms in total. The molecule has 0 saturated carbocycles. The lowest BCUT2D eigenvalue weighted by molar-refractivity contribution is -0.113. The van der Waals surface area contributed by atoms with Gasteiger partial charge in [0.15, 0.2) is 0 Å². The molecule has 10 heteroatoms. The molecule has 3 rings (SSSR count). The first-order valence-corrected chi connectivity index (χ1v) is 13.0. The second-order valence-electron chi connectivity index (χ2n) is 7.56. The monoisotopic (exact) mass is 464 g/mol. The van der Waals surface area contributed by atoms with Gasteiger partial charge in [-0.1, -0.05) is 43.9 Å². The molecule has 2 aromatic heterocycles. The summed E-state index contributed by atoms with van der Waals surface area (Å²) in [5.74, 6) is 0.0462. The van der Waals surface area contributed by atoms with Crippen LogP contribution in [-0.2, 0) is 30.6 Å². The fourth-order valence-corrected chi connectivity index (χ4v) is 5.40. The van der Waals surface area contributed by atoms with Crippen molar-refractivity contribution >= 4 is 34.1 Å². The van der Waals surface area contributed by atoms with Crippen molar-refractivity contribution in [2.24, 2.45) is 0 Å². The molecule has 0 spiro atoms. The third-order valence-electron chi connectivity index (χ3n) is 5.56. The number of aryl methyl sites for hydroxylation is 1. The Morgan fingerprint density at radius 2 is 1.97 bits per heavy atom. The molecule has 0 atom stereocenters. The lowest BCUT2D eigenvalue weighted by Gasteiger charge is -2.23. The highest BCUT2D eigenvalue weighted by molar-refractivity contribution is 8.00. The zero-order chi connectivity index (χ0) is 22.2. The van der Waals surface area contributed by atoms with E-state index in [9.17, 15) is 9.59 Å². The van der Waals surface area contributed by atoms with Crippen molar-refractivity contribution in [1.82, 2.24) is 24.6 Å². The van der Waals surface area contributed by atoms with Gasteiger partial charge in [-0.3, -0.25) is 14.7 Å². The number of anilines is 1. The molecule has 31 heavy (non-hydrogen) atoms. The van der Waals surface area contributed by atoms with E-state index in [-0.39, 0.29) is 17.3 Å². The van der Waals surface area contributed by atoms with Crippen LogP contribution in [0.25, 0.3) is 0 Å². The van der Waals surface area contributed by atoms with Crippen molar-refractivity contribution < 1.29 is 4.79 Å². The summed E-state index contributed by atoms with van der Waals surface area (Å²) in [7, 11) is 0. The van der Waals surface area contributed by atoms with Gasteiger partial charge >= 0.3 is 5.69 Å². The van der Waals surface area contributed by atoms with Gasteiger partial charge in [-0.2, -0.15) is 4.98 Å². The third-order valence-corrected chi connectivity index (χ3v) is 7.56. The van der Waals surface area contributed by atoms with E-state index in [0.29, 0.717) is 16.7 Å². The largest absolute Gasteiger partial charge is 0.348 e. The third kappa shape index (κ3) is 6.36. The lowest BCUT2D eigenvalue weighted by Crippen LogP contribution is -2.32. The van der Waals surface area contributed by atoms with Crippen LogP contribution in [0.4, 0.5) is 5.13 Å². The zero-order valence-electron chi connectivity index (χ0n) is 18.6. The standard InChI is InChI=1S/C21H32N6O2S2/c1-4-18-24-25-20(31-18)22-17(28)14-30-19-15-10-7-8-11-16(15)27(21(29)23-19)13-9-12-26(5-2)6-3/h4-14H2,1-3H3,(H,22,25,28). The predicted molar refractivity (Wildman–Crippen MR) is 126 cm³/mol. The molecule has 0 saturated heterocycles. The van der Waals surface area contributed by atoms with Crippen LogP contribution in [0, 0.1) is 0 Å². The van der Waals surface area contributed by atoms with Gasteiger partial charge in [0.2, 0.25) is 11.0 Å². The molecule has 0 aliphatic heterocycles. The number of nitrogens with one attached hydrogen (secondary N) is 1. The van der Waals surface area contributed by atoms with E-state index >= 15 is 0 Å². The first kappa shape index (κ1) is 23.9. The number of aromatic nitrogens is 4. The Labute approximate surface area is 191 Å². The fourth-order valence-electron chi connectivity index (χ4n) is 3.83. The molecular weight excluding hydrogens is 432 g/mol. The van der Waals surface area contributed by atoms with Gasteiger partial charge in [-0.15, -0.1) is 10.2 Å². The van der Waals surface area contributed by atoms with Crippen LogP contribution in [-0.4, -0.2) is 55.9 Å². The number of nitrogens with zero attached hydrogens (tertiary/aromatic N) is 5. The lowest BCUT2D eigenvalue weighted by atomic mass is 9.97. The van der Waals surface area contributed by atoms with Gasteiger partial charge in [0.25, 0.3) is 0 Å². The zero-order valence-corrected chi connectivity index (χ0v) is 20.3. The molecule has 0 bridgehead atoms. The maximum Gasteiger partial charge on any atom is 0.348 e. The van der Waals surface area contributed by atoms with Gasteiger partial charge in [0.1, 0.15) is 10.0 Å². The van der Waals surface area contributed by atoms with Crippen LogP contribution >= 0.6 is 23.1 Å². The number of carbonyl (C=O) groups excluding carboxylic acids is 1. The molecule has 1 amide bonds. The summed E-state index contributed by atoms with van der Waals surface area (Å²) in [6.07, 6.45) is 5.74. The molecule has 0 radical (unpaired) electrons. The molecule has 0 fully saturated rings. The molecule has 2 aromatic rings. The van der Waals surface area contributed by atoms with E-state index < -0.39 is 0 Å². The number of amides is 1. The second-order valence-corrected chi connectivity index (χ2v) is 9.58. The van der Waals surface area contributed by atoms with Gasteiger partial charge in [-0.25, -0.2) is 4.79 Å². The summed E-state index contributed by atoms with van der Waals surface area (Å²) < 4.78 is 1.87. The Hall–Kier alpha value is -1.78.